The number of hydrogen-bond donors (Lipinski definition) is 0. The van der Waals surface area contributed by atoms with Crippen molar-refractivity contribution in [1.82, 2.24) is 19.7 Å². The number of rotatable bonds is 4. The third-order valence-electron chi connectivity index (χ3n) is 4.73. The molecule has 1 aliphatic rings. The normalized spacial score (nSPS) is 14.3. The van der Waals surface area contributed by atoms with Crippen LogP contribution in [0.15, 0.2) is 60.9 Å². The highest BCUT2D eigenvalue weighted by atomic mass is 16.5. The Hall–Kier alpha value is -3.35. The minimum absolute atomic E-state index is 0.00106. The largest absolute Gasteiger partial charge is 0.496 e. The van der Waals surface area contributed by atoms with Gasteiger partial charge in [0.2, 0.25) is 0 Å². The van der Waals surface area contributed by atoms with Gasteiger partial charge in [-0.3, -0.25) is 4.79 Å². The highest BCUT2D eigenvalue weighted by Crippen LogP contribution is 2.21. The lowest BCUT2D eigenvalue weighted by molar-refractivity contribution is 0.0743. The van der Waals surface area contributed by atoms with E-state index >= 15 is 0 Å². The second-order valence-electron chi connectivity index (χ2n) is 6.32. The first-order valence-electron chi connectivity index (χ1n) is 8.90. The fourth-order valence-corrected chi connectivity index (χ4v) is 3.24. The molecule has 2 aromatic heterocycles. The Morgan fingerprint density at radius 2 is 1.56 bits per heavy atom. The number of para-hydroxylation sites is 1. The lowest BCUT2D eigenvalue weighted by atomic mass is 10.1. The number of benzene rings is 1. The second kappa shape index (κ2) is 7.49. The summed E-state index contributed by atoms with van der Waals surface area (Å²) in [5, 5.41) is 8.64. The number of methoxy groups -OCH3 is 1. The van der Waals surface area contributed by atoms with E-state index in [1.54, 1.807) is 13.2 Å². The van der Waals surface area contributed by atoms with Crippen LogP contribution in [0.4, 0.5) is 5.82 Å². The number of ether oxygens (including phenoxy) is 1. The number of piperazine rings is 1. The van der Waals surface area contributed by atoms with Crippen LogP contribution in [0.2, 0.25) is 0 Å². The Kier molecular flexibility index (Phi) is 4.74. The lowest BCUT2D eigenvalue weighted by Crippen LogP contribution is -2.49. The molecule has 1 fully saturated rings. The maximum Gasteiger partial charge on any atom is 0.257 e. The second-order valence-corrected chi connectivity index (χ2v) is 6.32. The number of hydrogen-bond acceptors (Lipinski definition) is 5. The van der Waals surface area contributed by atoms with Gasteiger partial charge in [-0.25, -0.2) is 0 Å². The topological polar surface area (TPSA) is 63.5 Å². The molecular formula is C20H21N5O2. The van der Waals surface area contributed by atoms with Gasteiger partial charge in [0, 0.05) is 38.6 Å². The molecule has 7 heteroatoms. The Morgan fingerprint density at radius 1 is 0.889 bits per heavy atom. The number of anilines is 1. The van der Waals surface area contributed by atoms with Crippen molar-refractivity contribution >= 4 is 11.7 Å². The summed E-state index contributed by atoms with van der Waals surface area (Å²) in [7, 11) is 1.58. The van der Waals surface area contributed by atoms with Gasteiger partial charge in [-0.2, -0.15) is 0 Å². The Labute approximate surface area is 157 Å². The van der Waals surface area contributed by atoms with Gasteiger partial charge in [0.25, 0.3) is 5.91 Å². The number of nitrogens with zero attached hydrogens (tertiary/aromatic N) is 5. The van der Waals surface area contributed by atoms with Gasteiger partial charge in [-0.15, -0.1) is 10.2 Å². The molecule has 0 atom stereocenters. The first-order chi connectivity index (χ1) is 13.3. The molecular weight excluding hydrogens is 342 g/mol. The summed E-state index contributed by atoms with van der Waals surface area (Å²) in [4.78, 5) is 16.8. The molecule has 4 rings (SSSR count). The smallest absolute Gasteiger partial charge is 0.257 e. The third-order valence-corrected chi connectivity index (χ3v) is 4.73. The van der Waals surface area contributed by atoms with Crippen LogP contribution >= 0.6 is 0 Å². The summed E-state index contributed by atoms with van der Waals surface area (Å²) in [6.45, 7) is 2.71. The summed E-state index contributed by atoms with van der Waals surface area (Å²) in [5.41, 5.74) is 0.601. The van der Waals surface area contributed by atoms with Gasteiger partial charge in [0.1, 0.15) is 5.75 Å². The zero-order chi connectivity index (χ0) is 18.6. The Bertz CT molecular complexity index is 900. The Balaban J connectivity index is 1.41. The standard InChI is InChI=1S/C20H21N5O2/c1-27-17-7-3-2-6-16(17)20(26)25-14-12-24(13-15-25)19-9-8-18(21-22-19)23-10-4-5-11-23/h2-11H,12-15H2,1H3. The van der Waals surface area contributed by atoms with Crippen molar-refractivity contribution in [2.24, 2.45) is 0 Å². The summed E-state index contributed by atoms with van der Waals surface area (Å²) in [6, 6.07) is 15.2. The molecule has 7 nitrogen and oxygen atoms in total. The molecule has 0 saturated carbocycles. The van der Waals surface area contributed by atoms with Crippen molar-refractivity contribution in [1.29, 1.82) is 0 Å². The van der Waals surface area contributed by atoms with Gasteiger partial charge in [0.05, 0.1) is 12.7 Å². The maximum atomic E-state index is 12.8. The van der Waals surface area contributed by atoms with Crippen LogP contribution in [0.3, 0.4) is 0 Å². The third kappa shape index (κ3) is 3.48. The molecule has 3 heterocycles. The van der Waals surface area contributed by atoms with E-state index in [1.807, 2.05) is 64.3 Å². The molecule has 0 radical (unpaired) electrons. The quantitative estimate of drug-likeness (QED) is 0.711. The molecule has 1 aliphatic heterocycles. The van der Waals surface area contributed by atoms with Crippen molar-refractivity contribution in [2.45, 2.75) is 0 Å². The van der Waals surface area contributed by atoms with Crippen molar-refractivity contribution in [3.8, 4) is 11.6 Å². The van der Waals surface area contributed by atoms with Crippen LogP contribution in [0.1, 0.15) is 10.4 Å². The van der Waals surface area contributed by atoms with Crippen LogP contribution in [0.25, 0.3) is 5.82 Å². The van der Waals surface area contributed by atoms with Gasteiger partial charge < -0.3 is 19.1 Å². The molecule has 0 N–H and O–H groups in total. The fraction of sp³-hybridized carbons (Fsp3) is 0.250. The van der Waals surface area contributed by atoms with Crippen LogP contribution < -0.4 is 9.64 Å². The number of carbonyl (C=O) groups excluding carboxylic acids is 1. The minimum Gasteiger partial charge on any atom is -0.496 e. The first-order valence-corrected chi connectivity index (χ1v) is 8.90. The van der Waals surface area contributed by atoms with E-state index in [4.69, 9.17) is 4.74 Å². The fourth-order valence-electron chi connectivity index (χ4n) is 3.24. The van der Waals surface area contributed by atoms with E-state index in [1.165, 1.54) is 0 Å². The lowest BCUT2D eigenvalue weighted by Gasteiger charge is -2.35. The van der Waals surface area contributed by atoms with Crippen LogP contribution in [-0.2, 0) is 0 Å². The van der Waals surface area contributed by atoms with E-state index in [9.17, 15) is 4.79 Å². The van der Waals surface area contributed by atoms with Crippen LogP contribution in [-0.4, -0.2) is 58.9 Å². The van der Waals surface area contributed by atoms with Crippen molar-refractivity contribution < 1.29 is 9.53 Å². The maximum absolute atomic E-state index is 12.8. The predicted octanol–water partition coefficient (Wildman–Crippen LogP) is 2.24. The van der Waals surface area contributed by atoms with Crippen molar-refractivity contribution in [2.75, 3.05) is 38.2 Å². The molecule has 0 aliphatic carbocycles. The molecule has 138 valence electrons. The summed E-state index contributed by atoms with van der Waals surface area (Å²) in [6.07, 6.45) is 3.87. The van der Waals surface area contributed by atoms with Gasteiger partial charge in [-0.05, 0) is 36.4 Å². The van der Waals surface area contributed by atoms with Crippen molar-refractivity contribution in [3.05, 3.63) is 66.5 Å². The average Bonchev–Trinajstić information content (AvgIpc) is 3.28. The van der Waals surface area contributed by atoms with Gasteiger partial charge >= 0.3 is 0 Å². The van der Waals surface area contributed by atoms with E-state index in [0.29, 0.717) is 24.4 Å². The SMILES string of the molecule is COc1ccccc1C(=O)N1CCN(c2ccc(-n3cccc3)nn2)CC1. The molecule has 3 aromatic rings. The van der Waals surface area contributed by atoms with E-state index in [0.717, 1.165) is 24.7 Å². The molecule has 0 unspecified atom stereocenters. The Morgan fingerprint density at radius 3 is 2.22 bits per heavy atom. The molecule has 1 saturated heterocycles. The zero-order valence-electron chi connectivity index (χ0n) is 15.2. The van der Waals surface area contributed by atoms with Crippen molar-refractivity contribution in [3.63, 3.8) is 0 Å². The number of aromatic nitrogens is 3. The van der Waals surface area contributed by atoms with Crippen LogP contribution in [0.5, 0.6) is 5.75 Å². The molecule has 0 spiro atoms. The molecule has 1 aromatic carbocycles. The number of carbonyl (C=O) groups is 1. The van der Waals surface area contributed by atoms with E-state index in [-0.39, 0.29) is 5.91 Å². The van der Waals surface area contributed by atoms with Gasteiger partial charge in [-0.1, -0.05) is 12.1 Å². The zero-order valence-corrected chi connectivity index (χ0v) is 15.2. The highest BCUT2D eigenvalue weighted by molar-refractivity contribution is 5.97. The molecule has 0 bridgehead atoms. The first kappa shape index (κ1) is 17.1. The summed E-state index contributed by atoms with van der Waals surface area (Å²) >= 11 is 0. The minimum atomic E-state index is 0.00106. The predicted molar refractivity (Wildman–Crippen MR) is 102 cm³/mol. The molecule has 1 amide bonds. The number of amides is 1. The van der Waals surface area contributed by atoms with E-state index in [2.05, 4.69) is 15.1 Å². The van der Waals surface area contributed by atoms with Gasteiger partial charge in [0.15, 0.2) is 11.6 Å². The summed E-state index contributed by atoms with van der Waals surface area (Å²) in [5.74, 6) is 2.22. The summed E-state index contributed by atoms with van der Waals surface area (Å²) < 4.78 is 7.23. The van der Waals surface area contributed by atoms with E-state index < -0.39 is 0 Å². The average molecular weight is 363 g/mol. The van der Waals surface area contributed by atoms with Crippen LogP contribution in [0, 0.1) is 0 Å². The highest BCUT2D eigenvalue weighted by Gasteiger charge is 2.24. The monoisotopic (exact) mass is 363 g/mol. The molecule has 27 heavy (non-hydrogen) atoms.